The summed E-state index contributed by atoms with van der Waals surface area (Å²) in [5.41, 5.74) is 2.58. The van der Waals surface area contributed by atoms with Crippen molar-refractivity contribution < 1.29 is 19.1 Å². The Bertz CT molecular complexity index is 1360. The molecule has 0 spiro atoms. The summed E-state index contributed by atoms with van der Waals surface area (Å²) >= 11 is 1.26. The largest absolute Gasteiger partial charge is 0.494 e. The van der Waals surface area contributed by atoms with Crippen molar-refractivity contribution in [2.75, 3.05) is 24.3 Å². The standard InChI is InChI=1S/C28H29N5O4S/c1-3-36-24-14-12-22(13-15-24)33-25(17-29-26(34)18-37-23-10-5-4-6-11-23)31-32-28(33)38-19-27(35)30-21-9-7-8-20(2)16-21/h4-16H,3,17-19H2,1-2H3,(H,29,34)(H,30,35). The fourth-order valence-corrected chi connectivity index (χ4v) is 4.34. The van der Waals surface area contributed by atoms with Crippen molar-refractivity contribution >= 4 is 29.3 Å². The lowest BCUT2D eigenvalue weighted by molar-refractivity contribution is -0.123. The molecule has 2 amide bonds. The van der Waals surface area contributed by atoms with Gasteiger partial charge in [-0.3, -0.25) is 14.2 Å². The Labute approximate surface area is 225 Å². The highest BCUT2D eigenvalue weighted by atomic mass is 32.2. The van der Waals surface area contributed by atoms with Crippen LogP contribution in [-0.4, -0.2) is 45.5 Å². The summed E-state index contributed by atoms with van der Waals surface area (Å²) in [4.78, 5) is 25.0. The first-order valence-electron chi connectivity index (χ1n) is 12.1. The number of carbonyl (C=O) groups excluding carboxylic acids is 2. The molecule has 9 nitrogen and oxygen atoms in total. The highest BCUT2D eigenvalue weighted by Gasteiger charge is 2.17. The zero-order valence-electron chi connectivity index (χ0n) is 21.2. The zero-order valence-corrected chi connectivity index (χ0v) is 22.0. The van der Waals surface area contributed by atoms with Crippen molar-refractivity contribution in [3.63, 3.8) is 0 Å². The minimum absolute atomic E-state index is 0.123. The van der Waals surface area contributed by atoms with Crippen molar-refractivity contribution in [3.05, 3.63) is 90.3 Å². The van der Waals surface area contributed by atoms with Gasteiger partial charge in [0.25, 0.3) is 5.91 Å². The quantitative estimate of drug-likeness (QED) is 0.261. The van der Waals surface area contributed by atoms with Crippen LogP contribution in [-0.2, 0) is 16.1 Å². The third-order valence-electron chi connectivity index (χ3n) is 5.30. The number of ether oxygens (including phenoxy) is 2. The van der Waals surface area contributed by atoms with E-state index in [4.69, 9.17) is 9.47 Å². The molecule has 1 heterocycles. The Morgan fingerprint density at radius 3 is 2.39 bits per heavy atom. The van der Waals surface area contributed by atoms with Gasteiger partial charge in [0, 0.05) is 11.4 Å². The Kier molecular flexibility index (Phi) is 9.36. The highest BCUT2D eigenvalue weighted by molar-refractivity contribution is 7.99. The molecule has 0 saturated heterocycles. The molecule has 0 radical (unpaired) electrons. The molecule has 0 unspecified atom stereocenters. The number of anilines is 1. The van der Waals surface area contributed by atoms with Gasteiger partial charge in [0.05, 0.1) is 18.9 Å². The predicted octanol–water partition coefficient (Wildman–Crippen LogP) is 4.40. The van der Waals surface area contributed by atoms with Gasteiger partial charge in [-0.1, -0.05) is 42.1 Å². The molecule has 0 aliphatic carbocycles. The number of nitrogens with one attached hydrogen (secondary N) is 2. The van der Waals surface area contributed by atoms with Gasteiger partial charge in [-0.25, -0.2) is 0 Å². The highest BCUT2D eigenvalue weighted by Crippen LogP contribution is 2.24. The van der Waals surface area contributed by atoms with E-state index in [1.165, 1.54) is 11.8 Å². The summed E-state index contributed by atoms with van der Waals surface area (Å²) in [5.74, 6) is 1.56. The van der Waals surface area contributed by atoms with E-state index in [1.54, 1.807) is 12.1 Å². The lowest BCUT2D eigenvalue weighted by Gasteiger charge is -2.12. The maximum atomic E-state index is 12.6. The molecule has 4 rings (SSSR count). The molecular formula is C28H29N5O4S. The van der Waals surface area contributed by atoms with Crippen LogP contribution in [0, 0.1) is 6.92 Å². The second kappa shape index (κ2) is 13.3. The molecule has 196 valence electrons. The summed E-state index contributed by atoms with van der Waals surface area (Å²) < 4.78 is 12.9. The number of aryl methyl sites for hydroxylation is 1. The van der Waals surface area contributed by atoms with Crippen molar-refractivity contribution in [1.82, 2.24) is 20.1 Å². The molecule has 0 atom stereocenters. The zero-order chi connectivity index (χ0) is 26.7. The lowest BCUT2D eigenvalue weighted by Crippen LogP contribution is -2.29. The normalized spacial score (nSPS) is 10.6. The van der Waals surface area contributed by atoms with Crippen molar-refractivity contribution in [1.29, 1.82) is 0 Å². The molecular weight excluding hydrogens is 502 g/mol. The van der Waals surface area contributed by atoms with Crippen LogP contribution in [0.1, 0.15) is 18.3 Å². The van der Waals surface area contributed by atoms with Gasteiger partial charge >= 0.3 is 0 Å². The first kappa shape index (κ1) is 26.7. The molecule has 0 saturated carbocycles. The summed E-state index contributed by atoms with van der Waals surface area (Å²) in [6.45, 7) is 4.46. The Hall–Kier alpha value is -4.31. The molecule has 3 aromatic carbocycles. The fourth-order valence-electron chi connectivity index (χ4n) is 3.57. The molecule has 10 heteroatoms. The Morgan fingerprint density at radius 1 is 0.895 bits per heavy atom. The van der Waals surface area contributed by atoms with Gasteiger partial charge in [-0.15, -0.1) is 10.2 Å². The van der Waals surface area contributed by atoms with E-state index in [9.17, 15) is 9.59 Å². The van der Waals surface area contributed by atoms with E-state index in [0.717, 1.165) is 22.7 Å². The van der Waals surface area contributed by atoms with Crippen LogP contribution >= 0.6 is 11.8 Å². The number of hydrogen-bond acceptors (Lipinski definition) is 7. The van der Waals surface area contributed by atoms with E-state index < -0.39 is 0 Å². The van der Waals surface area contributed by atoms with Crippen LogP contribution in [0.4, 0.5) is 5.69 Å². The van der Waals surface area contributed by atoms with Crippen LogP contribution in [0.5, 0.6) is 11.5 Å². The van der Waals surface area contributed by atoms with Gasteiger partial charge < -0.3 is 20.1 Å². The van der Waals surface area contributed by atoms with Crippen LogP contribution in [0.2, 0.25) is 0 Å². The average molecular weight is 532 g/mol. The maximum absolute atomic E-state index is 12.6. The van der Waals surface area contributed by atoms with E-state index in [2.05, 4.69) is 20.8 Å². The number of thioether (sulfide) groups is 1. The van der Waals surface area contributed by atoms with Crippen LogP contribution < -0.4 is 20.1 Å². The molecule has 0 bridgehead atoms. The van der Waals surface area contributed by atoms with Crippen LogP contribution in [0.25, 0.3) is 5.69 Å². The minimum atomic E-state index is -0.290. The minimum Gasteiger partial charge on any atom is -0.494 e. The van der Waals surface area contributed by atoms with Crippen LogP contribution in [0.15, 0.2) is 84.0 Å². The third kappa shape index (κ3) is 7.59. The number of para-hydroxylation sites is 1. The monoisotopic (exact) mass is 531 g/mol. The number of benzene rings is 3. The van der Waals surface area contributed by atoms with Crippen LogP contribution in [0.3, 0.4) is 0 Å². The first-order chi connectivity index (χ1) is 18.5. The van der Waals surface area contributed by atoms with Gasteiger partial charge in [0.1, 0.15) is 11.5 Å². The fraction of sp³-hybridized carbons (Fsp3) is 0.214. The summed E-state index contributed by atoms with van der Waals surface area (Å²) in [6.07, 6.45) is 0. The van der Waals surface area contributed by atoms with E-state index in [0.29, 0.717) is 23.3 Å². The Morgan fingerprint density at radius 2 is 1.66 bits per heavy atom. The van der Waals surface area contributed by atoms with Gasteiger partial charge in [0.15, 0.2) is 17.6 Å². The molecule has 2 N–H and O–H groups in total. The molecule has 0 fully saturated rings. The van der Waals surface area contributed by atoms with Crippen molar-refractivity contribution in [2.45, 2.75) is 25.5 Å². The first-order valence-corrected chi connectivity index (χ1v) is 13.1. The van der Waals surface area contributed by atoms with Crippen molar-refractivity contribution in [2.24, 2.45) is 0 Å². The van der Waals surface area contributed by atoms with Crippen molar-refractivity contribution in [3.8, 4) is 17.2 Å². The molecule has 0 aliphatic heterocycles. The topological polar surface area (TPSA) is 107 Å². The second-order valence-electron chi connectivity index (χ2n) is 8.25. The van der Waals surface area contributed by atoms with Gasteiger partial charge in [-0.05, 0) is 67.9 Å². The number of aromatic nitrogens is 3. The summed E-state index contributed by atoms with van der Waals surface area (Å²) in [5, 5.41) is 14.8. The van der Waals surface area contributed by atoms with E-state index in [1.807, 2.05) is 85.1 Å². The second-order valence-corrected chi connectivity index (χ2v) is 9.19. The third-order valence-corrected chi connectivity index (χ3v) is 6.23. The van der Waals surface area contributed by atoms with Gasteiger partial charge in [0.2, 0.25) is 5.91 Å². The Balaban J connectivity index is 1.45. The molecule has 0 aliphatic rings. The molecule has 4 aromatic rings. The molecule has 38 heavy (non-hydrogen) atoms. The SMILES string of the molecule is CCOc1ccc(-n2c(CNC(=O)COc3ccccc3)nnc2SCC(=O)Nc2cccc(C)c2)cc1. The molecule has 1 aromatic heterocycles. The van der Waals surface area contributed by atoms with E-state index >= 15 is 0 Å². The van der Waals surface area contributed by atoms with E-state index in [-0.39, 0.29) is 30.7 Å². The number of carbonyl (C=O) groups is 2. The van der Waals surface area contributed by atoms with Gasteiger partial charge in [-0.2, -0.15) is 0 Å². The predicted molar refractivity (Wildman–Crippen MR) is 147 cm³/mol. The smallest absolute Gasteiger partial charge is 0.258 e. The number of rotatable bonds is 12. The summed E-state index contributed by atoms with van der Waals surface area (Å²) in [6, 6.07) is 24.2. The lowest BCUT2D eigenvalue weighted by atomic mass is 10.2. The maximum Gasteiger partial charge on any atom is 0.258 e. The average Bonchev–Trinajstić information content (AvgIpc) is 3.33. The number of hydrogen-bond donors (Lipinski definition) is 2. The number of nitrogens with zero attached hydrogens (tertiary/aromatic N) is 3. The number of amides is 2. The summed E-state index contributed by atoms with van der Waals surface area (Å²) in [7, 11) is 0.